The number of benzene rings is 10. The monoisotopic (exact) mass is 672 g/mol. The maximum absolute atomic E-state index is 6.21. The Bertz CT molecular complexity index is 3170. The fraction of sp³-hybridized carbons (Fsp3) is 0. The number of fused-ring (bicyclic) bond motifs is 7. The zero-order chi connectivity index (χ0) is 34.9. The molecule has 246 valence electrons. The van der Waals surface area contributed by atoms with Gasteiger partial charge >= 0.3 is 0 Å². The normalized spacial score (nSPS) is 11.8. The standard InChI is InChI=1S/C52H32O/c1-3-17-37-33(14-1)16-13-26-39(37)40-19-5-6-21-42(40)51-43-22-7-9-24-45(43)52(46-25-10-8-23-44(46)51)48-32-36(30-35-15-2-4-18-38(35)48)34-28-29-50-47(31-34)41-20-11-12-27-49(41)53-50/h1-32H. The van der Waals surface area contributed by atoms with Crippen molar-refractivity contribution in [2.24, 2.45) is 0 Å². The van der Waals surface area contributed by atoms with Crippen LogP contribution in [-0.4, -0.2) is 0 Å². The first-order chi connectivity index (χ1) is 26.3. The summed E-state index contributed by atoms with van der Waals surface area (Å²) in [6.07, 6.45) is 0. The Hall–Kier alpha value is -6.96. The molecule has 10 aromatic carbocycles. The lowest BCUT2D eigenvalue weighted by atomic mass is 9.82. The van der Waals surface area contributed by atoms with Gasteiger partial charge in [0.2, 0.25) is 0 Å². The van der Waals surface area contributed by atoms with Gasteiger partial charge < -0.3 is 4.42 Å². The molecule has 53 heavy (non-hydrogen) atoms. The van der Waals surface area contributed by atoms with Crippen LogP contribution in [0.2, 0.25) is 0 Å². The molecule has 0 aliphatic heterocycles. The van der Waals surface area contributed by atoms with Crippen LogP contribution in [0.5, 0.6) is 0 Å². The lowest BCUT2D eigenvalue weighted by Gasteiger charge is -2.21. The van der Waals surface area contributed by atoms with E-state index in [-0.39, 0.29) is 0 Å². The van der Waals surface area contributed by atoms with Crippen LogP contribution in [-0.2, 0) is 0 Å². The van der Waals surface area contributed by atoms with E-state index in [1.165, 1.54) is 87.6 Å². The van der Waals surface area contributed by atoms with Gasteiger partial charge in [-0.1, -0.05) is 164 Å². The fourth-order valence-electron chi connectivity index (χ4n) is 8.69. The van der Waals surface area contributed by atoms with Crippen LogP contribution in [0.4, 0.5) is 0 Å². The molecular weight excluding hydrogens is 641 g/mol. The summed E-state index contributed by atoms with van der Waals surface area (Å²) >= 11 is 0. The Morgan fingerprint density at radius 2 is 0.736 bits per heavy atom. The van der Waals surface area contributed by atoms with Crippen molar-refractivity contribution in [3.05, 3.63) is 194 Å². The highest BCUT2D eigenvalue weighted by atomic mass is 16.3. The number of furan rings is 1. The van der Waals surface area contributed by atoms with Crippen molar-refractivity contribution in [1.82, 2.24) is 0 Å². The van der Waals surface area contributed by atoms with Crippen LogP contribution in [0.15, 0.2) is 199 Å². The average Bonchev–Trinajstić information content (AvgIpc) is 3.60. The first kappa shape index (κ1) is 29.7. The summed E-state index contributed by atoms with van der Waals surface area (Å²) in [4.78, 5) is 0. The molecule has 0 spiro atoms. The highest BCUT2D eigenvalue weighted by Crippen LogP contribution is 2.48. The van der Waals surface area contributed by atoms with Gasteiger partial charge in [0.05, 0.1) is 0 Å². The molecule has 1 aromatic heterocycles. The molecule has 0 amide bonds. The van der Waals surface area contributed by atoms with Gasteiger partial charge in [0, 0.05) is 10.8 Å². The van der Waals surface area contributed by atoms with Crippen molar-refractivity contribution < 1.29 is 4.42 Å². The first-order valence-electron chi connectivity index (χ1n) is 18.3. The number of hydrogen-bond acceptors (Lipinski definition) is 1. The van der Waals surface area contributed by atoms with E-state index in [1.807, 2.05) is 12.1 Å². The molecule has 0 fully saturated rings. The molecule has 0 atom stereocenters. The van der Waals surface area contributed by atoms with Crippen molar-refractivity contribution >= 4 is 65.0 Å². The summed E-state index contributed by atoms with van der Waals surface area (Å²) in [5, 5.41) is 12.2. The summed E-state index contributed by atoms with van der Waals surface area (Å²) in [7, 11) is 0. The topological polar surface area (TPSA) is 13.1 Å². The Morgan fingerprint density at radius 3 is 1.45 bits per heavy atom. The zero-order valence-corrected chi connectivity index (χ0v) is 28.9. The van der Waals surface area contributed by atoms with E-state index in [9.17, 15) is 0 Å². The Labute approximate surface area is 307 Å². The average molecular weight is 673 g/mol. The molecule has 0 saturated heterocycles. The molecule has 0 bridgehead atoms. The highest BCUT2D eigenvalue weighted by Gasteiger charge is 2.21. The van der Waals surface area contributed by atoms with Crippen LogP contribution < -0.4 is 0 Å². The Kier molecular flexibility index (Phi) is 6.62. The maximum Gasteiger partial charge on any atom is 0.135 e. The molecule has 1 nitrogen and oxygen atoms in total. The van der Waals surface area contributed by atoms with E-state index >= 15 is 0 Å². The SMILES string of the molecule is c1ccc(-c2c3ccccc3c(-c3cc(-c4ccc5oc6ccccc6c5c4)cc4ccccc34)c3ccccc23)c(-c2cccc3ccccc23)c1. The summed E-state index contributed by atoms with van der Waals surface area (Å²) in [6, 6.07) is 70.7. The number of rotatable bonds is 4. The Balaban J connectivity index is 1.21. The molecule has 0 aliphatic carbocycles. The van der Waals surface area contributed by atoms with E-state index in [0.29, 0.717) is 0 Å². The molecule has 0 radical (unpaired) electrons. The minimum atomic E-state index is 0.910. The van der Waals surface area contributed by atoms with Crippen LogP contribution in [0, 0.1) is 0 Å². The molecule has 11 aromatic rings. The quantitative estimate of drug-likeness (QED) is 0.170. The zero-order valence-electron chi connectivity index (χ0n) is 28.9. The largest absolute Gasteiger partial charge is 0.456 e. The predicted octanol–water partition coefficient (Wildman–Crippen LogP) is 14.9. The number of para-hydroxylation sites is 1. The maximum atomic E-state index is 6.21. The van der Waals surface area contributed by atoms with E-state index in [4.69, 9.17) is 4.42 Å². The molecular formula is C52H32O. The van der Waals surface area contributed by atoms with Gasteiger partial charge in [-0.25, -0.2) is 0 Å². The van der Waals surface area contributed by atoms with E-state index in [2.05, 4.69) is 182 Å². The number of hydrogen-bond donors (Lipinski definition) is 0. The predicted molar refractivity (Wildman–Crippen MR) is 225 cm³/mol. The first-order valence-corrected chi connectivity index (χ1v) is 18.3. The smallest absolute Gasteiger partial charge is 0.135 e. The van der Waals surface area contributed by atoms with Crippen LogP contribution >= 0.6 is 0 Å². The van der Waals surface area contributed by atoms with Crippen molar-refractivity contribution in [3.8, 4) is 44.5 Å². The fourth-order valence-corrected chi connectivity index (χ4v) is 8.69. The van der Waals surface area contributed by atoms with Crippen LogP contribution in [0.25, 0.3) is 110 Å². The van der Waals surface area contributed by atoms with Gasteiger partial charge in [0.25, 0.3) is 0 Å². The van der Waals surface area contributed by atoms with E-state index < -0.39 is 0 Å². The van der Waals surface area contributed by atoms with Gasteiger partial charge in [-0.15, -0.1) is 0 Å². The minimum Gasteiger partial charge on any atom is -0.456 e. The Morgan fingerprint density at radius 1 is 0.245 bits per heavy atom. The van der Waals surface area contributed by atoms with Gasteiger partial charge in [0.15, 0.2) is 0 Å². The molecule has 0 unspecified atom stereocenters. The van der Waals surface area contributed by atoms with E-state index in [0.717, 1.165) is 21.9 Å². The van der Waals surface area contributed by atoms with Crippen molar-refractivity contribution in [1.29, 1.82) is 0 Å². The second kappa shape index (κ2) is 11.8. The molecule has 0 saturated carbocycles. The van der Waals surface area contributed by atoms with Gasteiger partial charge in [0.1, 0.15) is 11.2 Å². The summed E-state index contributed by atoms with van der Waals surface area (Å²) in [5.41, 5.74) is 11.7. The van der Waals surface area contributed by atoms with Crippen molar-refractivity contribution in [2.75, 3.05) is 0 Å². The van der Waals surface area contributed by atoms with Crippen molar-refractivity contribution in [3.63, 3.8) is 0 Å². The third kappa shape index (κ3) is 4.64. The lowest BCUT2D eigenvalue weighted by Crippen LogP contribution is -1.94. The van der Waals surface area contributed by atoms with Crippen LogP contribution in [0.1, 0.15) is 0 Å². The van der Waals surface area contributed by atoms with Gasteiger partial charge in [-0.3, -0.25) is 0 Å². The van der Waals surface area contributed by atoms with Crippen molar-refractivity contribution in [2.45, 2.75) is 0 Å². The molecule has 11 rings (SSSR count). The summed E-state index contributed by atoms with van der Waals surface area (Å²) < 4.78 is 6.21. The molecule has 1 heterocycles. The summed E-state index contributed by atoms with van der Waals surface area (Å²) in [6.45, 7) is 0. The second-order valence-corrected chi connectivity index (χ2v) is 14.0. The molecule has 0 N–H and O–H groups in total. The van der Waals surface area contributed by atoms with E-state index in [1.54, 1.807) is 0 Å². The lowest BCUT2D eigenvalue weighted by molar-refractivity contribution is 0.669. The molecule has 1 heteroatoms. The third-order valence-electron chi connectivity index (χ3n) is 11.0. The second-order valence-electron chi connectivity index (χ2n) is 14.0. The third-order valence-corrected chi connectivity index (χ3v) is 11.0. The van der Waals surface area contributed by atoms with Gasteiger partial charge in [-0.05, 0) is 118 Å². The highest BCUT2D eigenvalue weighted by molar-refractivity contribution is 6.25. The summed E-state index contributed by atoms with van der Waals surface area (Å²) in [5.74, 6) is 0. The van der Waals surface area contributed by atoms with Crippen LogP contribution in [0.3, 0.4) is 0 Å². The van der Waals surface area contributed by atoms with Gasteiger partial charge in [-0.2, -0.15) is 0 Å². The minimum absolute atomic E-state index is 0.910. The molecule has 0 aliphatic rings.